The molecule has 1 aromatic rings. The minimum Gasteiger partial charge on any atom is -0.324 e. The van der Waals surface area contributed by atoms with E-state index in [9.17, 15) is 0 Å². The van der Waals surface area contributed by atoms with Crippen LogP contribution in [0.5, 0.6) is 0 Å². The van der Waals surface area contributed by atoms with Crippen LogP contribution in [0, 0.1) is 5.92 Å². The zero-order valence-corrected chi connectivity index (χ0v) is 11.3. The third-order valence-corrected chi connectivity index (χ3v) is 3.79. The highest BCUT2D eigenvalue weighted by Gasteiger charge is 2.24. The molecule has 16 heavy (non-hydrogen) atoms. The van der Waals surface area contributed by atoms with Crippen molar-refractivity contribution in [2.24, 2.45) is 11.7 Å². The molecular formula is C12H16Cl3N. The Morgan fingerprint density at radius 2 is 1.81 bits per heavy atom. The van der Waals surface area contributed by atoms with Crippen LogP contribution >= 0.6 is 35.6 Å². The van der Waals surface area contributed by atoms with Gasteiger partial charge in [0.1, 0.15) is 0 Å². The van der Waals surface area contributed by atoms with Gasteiger partial charge in [0.05, 0.1) is 0 Å². The molecule has 0 saturated heterocycles. The normalized spacial score (nSPS) is 18.2. The smallest absolute Gasteiger partial charge is 0.0468 e. The SMILES string of the molecule is Cl.N[C@H](c1ccc(Cl)cc1Cl)C1CCCC1. The van der Waals surface area contributed by atoms with Crippen molar-refractivity contribution < 1.29 is 0 Å². The molecule has 1 aromatic carbocycles. The fourth-order valence-electron chi connectivity index (χ4n) is 2.34. The Labute approximate surface area is 113 Å². The first-order valence-corrected chi connectivity index (χ1v) is 6.14. The average molecular weight is 281 g/mol. The van der Waals surface area contributed by atoms with Gasteiger partial charge in [-0.25, -0.2) is 0 Å². The summed E-state index contributed by atoms with van der Waals surface area (Å²) < 4.78 is 0. The highest BCUT2D eigenvalue weighted by molar-refractivity contribution is 6.35. The molecule has 0 aromatic heterocycles. The Morgan fingerprint density at radius 1 is 1.19 bits per heavy atom. The van der Waals surface area contributed by atoms with Gasteiger partial charge in [-0.2, -0.15) is 0 Å². The first kappa shape index (κ1) is 14.1. The molecule has 0 bridgehead atoms. The molecule has 0 amide bonds. The van der Waals surface area contributed by atoms with Crippen LogP contribution in [-0.2, 0) is 0 Å². The molecule has 0 spiro atoms. The number of rotatable bonds is 2. The van der Waals surface area contributed by atoms with Crippen molar-refractivity contribution in [3.05, 3.63) is 33.8 Å². The second kappa shape index (κ2) is 6.11. The molecule has 4 heteroatoms. The number of halogens is 3. The number of nitrogens with two attached hydrogens (primary N) is 1. The summed E-state index contributed by atoms with van der Waals surface area (Å²) in [6, 6.07) is 5.65. The molecule has 1 aliphatic rings. The highest BCUT2D eigenvalue weighted by Crippen LogP contribution is 2.37. The Balaban J connectivity index is 0.00000128. The van der Waals surface area contributed by atoms with Crippen LogP contribution in [0.1, 0.15) is 37.3 Å². The van der Waals surface area contributed by atoms with Gasteiger partial charge in [0.2, 0.25) is 0 Å². The molecule has 2 N–H and O–H groups in total. The van der Waals surface area contributed by atoms with Gasteiger partial charge in [0.15, 0.2) is 0 Å². The lowest BCUT2D eigenvalue weighted by atomic mass is 9.92. The average Bonchev–Trinajstić information content (AvgIpc) is 2.69. The Morgan fingerprint density at radius 3 is 2.38 bits per heavy atom. The van der Waals surface area contributed by atoms with E-state index in [1.54, 1.807) is 6.07 Å². The zero-order chi connectivity index (χ0) is 10.8. The lowest BCUT2D eigenvalue weighted by Gasteiger charge is -2.20. The molecule has 1 atom stereocenters. The monoisotopic (exact) mass is 279 g/mol. The van der Waals surface area contributed by atoms with E-state index in [1.807, 2.05) is 12.1 Å². The summed E-state index contributed by atoms with van der Waals surface area (Å²) in [5.41, 5.74) is 7.26. The summed E-state index contributed by atoms with van der Waals surface area (Å²) in [5.74, 6) is 0.587. The zero-order valence-electron chi connectivity index (χ0n) is 8.96. The van der Waals surface area contributed by atoms with E-state index in [1.165, 1.54) is 25.7 Å². The number of benzene rings is 1. The maximum absolute atomic E-state index is 6.22. The van der Waals surface area contributed by atoms with E-state index in [2.05, 4.69) is 0 Å². The molecule has 0 heterocycles. The van der Waals surface area contributed by atoms with Gasteiger partial charge in [-0.1, -0.05) is 42.1 Å². The van der Waals surface area contributed by atoms with Crippen molar-refractivity contribution in [2.45, 2.75) is 31.7 Å². The van der Waals surface area contributed by atoms with Gasteiger partial charge in [-0.05, 0) is 36.5 Å². The molecule has 1 fully saturated rings. The maximum atomic E-state index is 6.22. The third kappa shape index (κ3) is 3.04. The third-order valence-electron chi connectivity index (χ3n) is 3.23. The second-order valence-electron chi connectivity index (χ2n) is 4.24. The molecule has 0 unspecified atom stereocenters. The first-order chi connectivity index (χ1) is 7.18. The van der Waals surface area contributed by atoms with E-state index in [-0.39, 0.29) is 18.4 Å². The predicted molar refractivity (Wildman–Crippen MR) is 72.6 cm³/mol. The van der Waals surface area contributed by atoms with Crippen molar-refractivity contribution >= 4 is 35.6 Å². The van der Waals surface area contributed by atoms with Gasteiger partial charge in [0, 0.05) is 16.1 Å². The van der Waals surface area contributed by atoms with Crippen LogP contribution in [0.15, 0.2) is 18.2 Å². The van der Waals surface area contributed by atoms with Crippen molar-refractivity contribution in [2.75, 3.05) is 0 Å². The van der Waals surface area contributed by atoms with E-state index >= 15 is 0 Å². The largest absolute Gasteiger partial charge is 0.324 e. The minimum atomic E-state index is 0. The van der Waals surface area contributed by atoms with E-state index in [0.717, 1.165) is 5.56 Å². The topological polar surface area (TPSA) is 26.0 Å². The van der Waals surface area contributed by atoms with E-state index in [0.29, 0.717) is 16.0 Å². The lowest BCUT2D eigenvalue weighted by Crippen LogP contribution is -2.19. The van der Waals surface area contributed by atoms with Crippen LogP contribution in [-0.4, -0.2) is 0 Å². The van der Waals surface area contributed by atoms with Gasteiger partial charge in [0.25, 0.3) is 0 Å². The minimum absolute atomic E-state index is 0. The van der Waals surface area contributed by atoms with E-state index < -0.39 is 0 Å². The summed E-state index contributed by atoms with van der Waals surface area (Å²) in [4.78, 5) is 0. The summed E-state index contributed by atoms with van der Waals surface area (Å²) >= 11 is 12.0. The van der Waals surface area contributed by atoms with Gasteiger partial charge < -0.3 is 5.73 Å². The Hall–Kier alpha value is 0.0500. The van der Waals surface area contributed by atoms with Crippen LogP contribution in [0.25, 0.3) is 0 Å². The van der Waals surface area contributed by atoms with Gasteiger partial charge >= 0.3 is 0 Å². The standard InChI is InChI=1S/C12H15Cl2N.ClH/c13-9-5-6-10(11(14)7-9)12(15)8-3-1-2-4-8;/h5-8,12H,1-4,15H2;1H/t12-;/m0./s1. The molecule has 90 valence electrons. The fraction of sp³-hybridized carbons (Fsp3) is 0.500. The van der Waals surface area contributed by atoms with Crippen molar-refractivity contribution in [1.82, 2.24) is 0 Å². The summed E-state index contributed by atoms with van der Waals surface area (Å²) in [6.07, 6.45) is 5.04. The van der Waals surface area contributed by atoms with Crippen LogP contribution < -0.4 is 5.73 Å². The van der Waals surface area contributed by atoms with Crippen LogP contribution in [0.3, 0.4) is 0 Å². The van der Waals surface area contributed by atoms with Gasteiger partial charge in [-0.15, -0.1) is 12.4 Å². The lowest BCUT2D eigenvalue weighted by molar-refractivity contribution is 0.445. The van der Waals surface area contributed by atoms with Gasteiger partial charge in [-0.3, -0.25) is 0 Å². The second-order valence-corrected chi connectivity index (χ2v) is 5.08. The fourth-order valence-corrected chi connectivity index (χ4v) is 2.88. The van der Waals surface area contributed by atoms with Crippen molar-refractivity contribution in [3.63, 3.8) is 0 Å². The summed E-state index contributed by atoms with van der Waals surface area (Å²) in [6.45, 7) is 0. The molecule has 0 aliphatic heterocycles. The van der Waals surface area contributed by atoms with Crippen molar-refractivity contribution in [1.29, 1.82) is 0 Å². The Bertz CT molecular complexity index is 348. The summed E-state index contributed by atoms with van der Waals surface area (Å²) in [5, 5.41) is 1.37. The van der Waals surface area contributed by atoms with E-state index in [4.69, 9.17) is 28.9 Å². The number of hydrogen-bond donors (Lipinski definition) is 1. The van der Waals surface area contributed by atoms with Crippen molar-refractivity contribution in [3.8, 4) is 0 Å². The summed E-state index contributed by atoms with van der Waals surface area (Å²) in [7, 11) is 0. The van der Waals surface area contributed by atoms with Crippen LogP contribution in [0.4, 0.5) is 0 Å². The molecule has 1 aliphatic carbocycles. The highest BCUT2D eigenvalue weighted by atomic mass is 35.5. The molecule has 1 saturated carbocycles. The molecule has 1 nitrogen and oxygen atoms in total. The molecular weight excluding hydrogens is 264 g/mol. The Kier molecular flexibility index (Phi) is 5.39. The van der Waals surface area contributed by atoms with Crippen LogP contribution in [0.2, 0.25) is 10.0 Å². The first-order valence-electron chi connectivity index (χ1n) is 5.39. The number of hydrogen-bond acceptors (Lipinski definition) is 1. The quantitative estimate of drug-likeness (QED) is 0.841. The molecule has 2 rings (SSSR count). The predicted octanol–water partition coefficient (Wildman–Crippen LogP) is 4.61. The maximum Gasteiger partial charge on any atom is 0.0468 e. The molecule has 0 radical (unpaired) electrons.